The van der Waals surface area contributed by atoms with Crippen molar-refractivity contribution >= 4 is 23.4 Å². The zero-order chi connectivity index (χ0) is 16.1. The maximum Gasteiger partial charge on any atom is 0.237 e. The molecule has 1 amide bonds. The summed E-state index contributed by atoms with van der Waals surface area (Å²) in [6.07, 6.45) is 2.27. The second-order valence-electron chi connectivity index (χ2n) is 5.30. The van der Waals surface area contributed by atoms with Crippen molar-refractivity contribution in [1.29, 1.82) is 0 Å². The monoisotopic (exact) mass is 315 g/mol. The van der Waals surface area contributed by atoms with Gasteiger partial charge in [0.15, 0.2) is 0 Å². The number of hydrogen-bond acceptors (Lipinski definition) is 4. The smallest absolute Gasteiger partial charge is 0.237 e. The normalized spacial score (nSPS) is 12.0. The van der Waals surface area contributed by atoms with Crippen LogP contribution in [0.5, 0.6) is 0 Å². The van der Waals surface area contributed by atoms with Crippen molar-refractivity contribution in [2.24, 2.45) is 0 Å². The Bertz CT molecular complexity index is 673. The van der Waals surface area contributed by atoms with Crippen LogP contribution < -0.4 is 5.32 Å². The van der Waals surface area contributed by atoms with Gasteiger partial charge >= 0.3 is 0 Å². The predicted octanol–water partition coefficient (Wildman–Crippen LogP) is 3.91. The van der Waals surface area contributed by atoms with Crippen LogP contribution in [-0.4, -0.2) is 21.1 Å². The number of benzene rings is 1. The summed E-state index contributed by atoms with van der Waals surface area (Å²) in [5.74, 6) is 0.00650. The Labute approximate surface area is 135 Å². The average molecular weight is 315 g/mol. The van der Waals surface area contributed by atoms with Gasteiger partial charge in [0.1, 0.15) is 11.4 Å². The molecular weight excluding hydrogens is 294 g/mol. The number of aromatic nitrogens is 2. The summed E-state index contributed by atoms with van der Waals surface area (Å²) in [6.45, 7) is 8.03. The van der Waals surface area contributed by atoms with Crippen LogP contribution in [0.4, 0.5) is 5.69 Å². The first kappa shape index (κ1) is 16.5. The Morgan fingerprint density at radius 2 is 1.95 bits per heavy atom. The van der Waals surface area contributed by atoms with Crippen LogP contribution in [0.25, 0.3) is 0 Å². The topological polar surface area (TPSA) is 54.9 Å². The molecule has 0 aliphatic heterocycles. The average Bonchev–Trinajstić information content (AvgIpc) is 2.48. The van der Waals surface area contributed by atoms with Crippen LogP contribution >= 0.6 is 11.8 Å². The molecule has 0 spiro atoms. The fourth-order valence-corrected chi connectivity index (χ4v) is 2.98. The molecule has 116 valence electrons. The molecule has 1 aromatic carbocycles. The van der Waals surface area contributed by atoms with E-state index in [1.807, 2.05) is 45.0 Å². The van der Waals surface area contributed by atoms with Crippen molar-refractivity contribution in [1.82, 2.24) is 9.97 Å². The van der Waals surface area contributed by atoms with Gasteiger partial charge in [-0.05, 0) is 56.5 Å². The molecule has 1 unspecified atom stereocenters. The lowest BCUT2D eigenvalue weighted by molar-refractivity contribution is -0.115. The summed E-state index contributed by atoms with van der Waals surface area (Å²) < 4.78 is 0. The minimum absolute atomic E-state index is 0.00650. The number of hydrogen-bond donors (Lipinski definition) is 1. The van der Waals surface area contributed by atoms with E-state index in [2.05, 4.69) is 22.2 Å². The highest BCUT2D eigenvalue weighted by Crippen LogP contribution is 2.25. The molecule has 5 heteroatoms. The number of nitrogens with zero attached hydrogens (tertiary/aromatic N) is 2. The van der Waals surface area contributed by atoms with E-state index in [4.69, 9.17) is 0 Å². The van der Waals surface area contributed by atoms with E-state index in [1.54, 1.807) is 0 Å². The van der Waals surface area contributed by atoms with E-state index < -0.39 is 0 Å². The molecule has 1 aromatic heterocycles. The van der Waals surface area contributed by atoms with E-state index in [0.717, 1.165) is 22.8 Å². The van der Waals surface area contributed by atoms with E-state index in [9.17, 15) is 4.79 Å². The molecule has 4 nitrogen and oxygen atoms in total. The Morgan fingerprint density at radius 3 is 2.59 bits per heavy atom. The summed E-state index contributed by atoms with van der Waals surface area (Å²) in [4.78, 5) is 20.7. The van der Waals surface area contributed by atoms with Crippen LogP contribution in [0.1, 0.15) is 30.2 Å². The Kier molecular flexibility index (Phi) is 5.55. The predicted molar refractivity (Wildman–Crippen MR) is 91.3 cm³/mol. The Hall–Kier alpha value is -1.88. The second-order valence-corrected chi connectivity index (χ2v) is 6.52. The number of carbonyl (C=O) groups is 1. The molecule has 22 heavy (non-hydrogen) atoms. The Morgan fingerprint density at radius 1 is 1.18 bits per heavy atom. The van der Waals surface area contributed by atoms with Crippen molar-refractivity contribution in [3.05, 3.63) is 47.4 Å². The van der Waals surface area contributed by atoms with Crippen LogP contribution in [0, 0.1) is 20.8 Å². The van der Waals surface area contributed by atoms with Crippen LogP contribution in [0.2, 0.25) is 0 Å². The molecule has 0 aliphatic rings. The fourth-order valence-electron chi connectivity index (χ4n) is 2.00. The number of rotatable bonds is 5. The number of thioether (sulfide) groups is 1. The van der Waals surface area contributed by atoms with Crippen LogP contribution in [0.15, 0.2) is 35.6 Å². The third-order valence-electron chi connectivity index (χ3n) is 3.48. The van der Waals surface area contributed by atoms with E-state index in [0.29, 0.717) is 0 Å². The highest BCUT2D eigenvalue weighted by Gasteiger charge is 2.19. The highest BCUT2D eigenvalue weighted by atomic mass is 32.2. The number of carbonyl (C=O) groups excluding carboxylic acids is 1. The van der Waals surface area contributed by atoms with Gasteiger partial charge in [0.2, 0.25) is 5.91 Å². The van der Waals surface area contributed by atoms with Gasteiger partial charge in [-0.25, -0.2) is 9.97 Å². The van der Waals surface area contributed by atoms with Crippen LogP contribution in [-0.2, 0) is 4.79 Å². The zero-order valence-corrected chi connectivity index (χ0v) is 14.2. The van der Waals surface area contributed by atoms with Gasteiger partial charge in [-0.15, -0.1) is 0 Å². The van der Waals surface area contributed by atoms with Crippen molar-refractivity contribution in [3.63, 3.8) is 0 Å². The van der Waals surface area contributed by atoms with Gasteiger partial charge in [0.25, 0.3) is 0 Å². The first-order valence-corrected chi connectivity index (χ1v) is 8.21. The lowest BCUT2D eigenvalue weighted by Gasteiger charge is -2.15. The van der Waals surface area contributed by atoms with Gasteiger partial charge in [-0.2, -0.15) is 0 Å². The molecule has 0 radical (unpaired) electrons. The molecule has 1 N–H and O–H groups in total. The Balaban J connectivity index is 2.06. The number of nitrogens with one attached hydrogen (secondary N) is 1. The largest absolute Gasteiger partial charge is 0.325 e. The molecule has 0 saturated carbocycles. The van der Waals surface area contributed by atoms with Crippen LogP contribution in [0.3, 0.4) is 0 Å². The number of anilines is 1. The summed E-state index contributed by atoms with van der Waals surface area (Å²) >= 11 is 1.47. The highest BCUT2D eigenvalue weighted by molar-refractivity contribution is 8.00. The minimum Gasteiger partial charge on any atom is -0.325 e. The van der Waals surface area contributed by atoms with Gasteiger partial charge < -0.3 is 5.32 Å². The lowest BCUT2D eigenvalue weighted by atomic mass is 10.1. The van der Waals surface area contributed by atoms with Crippen molar-refractivity contribution in [2.75, 3.05) is 5.32 Å². The molecular formula is C17H21N3OS. The van der Waals surface area contributed by atoms with E-state index in [-0.39, 0.29) is 11.2 Å². The molecule has 1 heterocycles. The lowest BCUT2D eigenvalue weighted by Crippen LogP contribution is -2.24. The van der Waals surface area contributed by atoms with Gasteiger partial charge in [-0.3, -0.25) is 4.79 Å². The number of amides is 1. The second kappa shape index (κ2) is 7.40. The SMILES string of the molecule is CCC(Sc1cc(C)ncn1)C(=O)Nc1ccc(C)c(C)c1. The van der Waals surface area contributed by atoms with Crippen molar-refractivity contribution in [2.45, 2.75) is 44.4 Å². The van der Waals surface area contributed by atoms with E-state index >= 15 is 0 Å². The summed E-state index contributed by atoms with van der Waals surface area (Å²) in [5.41, 5.74) is 4.13. The van der Waals surface area contributed by atoms with Crippen molar-refractivity contribution in [3.8, 4) is 0 Å². The molecule has 0 fully saturated rings. The summed E-state index contributed by atoms with van der Waals surface area (Å²) in [6, 6.07) is 7.86. The molecule has 2 aromatic rings. The number of aryl methyl sites for hydroxylation is 3. The summed E-state index contributed by atoms with van der Waals surface area (Å²) in [5, 5.41) is 3.65. The maximum absolute atomic E-state index is 12.5. The third kappa shape index (κ3) is 4.31. The van der Waals surface area contributed by atoms with Gasteiger partial charge in [-0.1, -0.05) is 24.8 Å². The fraction of sp³-hybridized carbons (Fsp3) is 0.353. The van der Waals surface area contributed by atoms with Crippen molar-refractivity contribution < 1.29 is 4.79 Å². The molecule has 0 aliphatic carbocycles. The molecule has 2 rings (SSSR count). The standard InChI is InChI=1S/C17H21N3OS/c1-5-15(22-16-9-13(4)18-10-19-16)17(21)20-14-7-6-11(2)12(3)8-14/h6-10,15H,5H2,1-4H3,(H,20,21). The van der Waals surface area contributed by atoms with Gasteiger partial charge in [0.05, 0.1) is 5.25 Å². The molecule has 0 bridgehead atoms. The minimum atomic E-state index is -0.170. The molecule has 1 atom stereocenters. The first-order chi connectivity index (χ1) is 10.5. The summed E-state index contributed by atoms with van der Waals surface area (Å²) in [7, 11) is 0. The zero-order valence-electron chi connectivity index (χ0n) is 13.4. The van der Waals surface area contributed by atoms with Gasteiger partial charge in [0, 0.05) is 11.4 Å². The molecule has 0 saturated heterocycles. The quantitative estimate of drug-likeness (QED) is 0.671. The third-order valence-corrected chi connectivity index (χ3v) is 4.78. The maximum atomic E-state index is 12.5. The first-order valence-electron chi connectivity index (χ1n) is 7.33. The van der Waals surface area contributed by atoms with E-state index in [1.165, 1.54) is 29.2 Å².